The molecule has 2 fully saturated rings. The lowest BCUT2D eigenvalue weighted by molar-refractivity contribution is -0.125. The van der Waals surface area contributed by atoms with Gasteiger partial charge in [0.15, 0.2) is 0 Å². The first-order valence-corrected chi connectivity index (χ1v) is 9.38. The average Bonchev–Trinajstić information content (AvgIpc) is 3.24. The second-order valence-electron chi connectivity index (χ2n) is 7.20. The lowest BCUT2D eigenvalue weighted by atomic mass is 10.0. The van der Waals surface area contributed by atoms with Crippen LogP contribution < -0.4 is 5.32 Å². The summed E-state index contributed by atoms with van der Waals surface area (Å²) in [6, 6.07) is 10.6. The van der Waals surface area contributed by atoms with Crippen LogP contribution in [-0.4, -0.2) is 29.9 Å². The van der Waals surface area contributed by atoms with E-state index in [-0.39, 0.29) is 11.9 Å². The molecule has 1 aromatic carbocycles. The Kier molecular flexibility index (Phi) is 6.09. The van der Waals surface area contributed by atoms with Crippen LogP contribution in [-0.2, 0) is 11.3 Å². The van der Waals surface area contributed by atoms with Crippen LogP contribution in [0.5, 0.6) is 0 Å². The van der Waals surface area contributed by atoms with Crippen molar-refractivity contribution in [3.8, 4) is 0 Å². The molecular weight excluding hydrogens is 284 g/mol. The lowest BCUT2D eigenvalue weighted by Crippen LogP contribution is -2.43. The zero-order valence-corrected chi connectivity index (χ0v) is 14.2. The highest BCUT2D eigenvalue weighted by Crippen LogP contribution is 2.28. The number of nitrogens with one attached hydrogen (secondary N) is 1. The predicted molar refractivity (Wildman–Crippen MR) is 94.1 cm³/mol. The summed E-state index contributed by atoms with van der Waals surface area (Å²) >= 11 is 0. The van der Waals surface area contributed by atoms with Crippen LogP contribution in [0.15, 0.2) is 30.3 Å². The van der Waals surface area contributed by atoms with Crippen molar-refractivity contribution >= 4 is 5.91 Å². The van der Waals surface area contributed by atoms with Gasteiger partial charge in [0, 0.05) is 13.1 Å². The van der Waals surface area contributed by atoms with Crippen LogP contribution >= 0.6 is 0 Å². The molecule has 126 valence electrons. The first kappa shape index (κ1) is 16.5. The summed E-state index contributed by atoms with van der Waals surface area (Å²) < 4.78 is 0. The molecule has 1 amide bonds. The molecule has 1 aromatic rings. The quantitative estimate of drug-likeness (QED) is 0.778. The van der Waals surface area contributed by atoms with Crippen molar-refractivity contribution in [2.24, 2.45) is 5.92 Å². The van der Waals surface area contributed by atoms with Gasteiger partial charge in [0.1, 0.15) is 0 Å². The molecule has 0 radical (unpaired) electrons. The maximum atomic E-state index is 12.5. The number of likely N-dealkylation sites (tertiary alicyclic amines) is 1. The molecule has 23 heavy (non-hydrogen) atoms. The highest BCUT2D eigenvalue weighted by molar-refractivity contribution is 5.82. The number of rotatable bonds is 7. The summed E-state index contributed by atoms with van der Waals surface area (Å²) in [5, 5.41) is 3.18. The molecule has 1 saturated carbocycles. The van der Waals surface area contributed by atoms with Gasteiger partial charge in [-0.15, -0.1) is 0 Å². The average molecular weight is 314 g/mol. The fourth-order valence-electron chi connectivity index (χ4n) is 4.15. The fraction of sp³-hybridized carbons (Fsp3) is 0.650. The third kappa shape index (κ3) is 4.81. The third-order valence-electron chi connectivity index (χ3n) is 5.46. The Morgan fingerprint density at radius 3 is 2.65 bits per heavy atom. The van der Waals surface area contributed by atoms with E-state index in [0.29, 0.717) is 0 Å². The number of hydrogen-bond donors (Lipinski definition) is 1. The first-order chi connectivity index (χ1) is 11.3. The molecule has 3 heteroatoms. The van der Waals surface area contributed by atoms with E-state index in [9.17, 15) is 4.79 Å². The monoisotopic (exact) mass is 314 g/mol. The van der Waals surface area contributed by atoms with E-state index in [1.165, 1.54) is 37.7 Å². The van der Waals surface area contributed by atoms with Crippen molar-refractivity contribution in [1.29, 1.82) is 0 Å². The van der Waals surface area contributed by atoms with Gasteiger partial charge in [0.05, 0.1) is 6.04 Å². The van der Waals surface area contributed by atoms with Crippen molar-refractivity contribution in [1.82, 2.24) is 10.2 Å². The molecule has 1 atom stereocenters. The molecule has 3 nitrogen and oxygen atoms in total. The number of carbonyl (C=O) groups is 1. The Morgan fingerprint density at radius 2 is 1.87 bits per heavy atom. The molecule has 1 aliphatic carbocycles. The Bertz CT molecular complexity index is 482. The highest BCUT2D eigenvalue weighted by atomic mass is 16.2. The standard InChI is InChI=1S/C20H30N2O/c23-20(21-14-6-12-17-8-4-5-9-17)19-13-7-15-22(19)16-18-10-2-1-3-11-18/h1-3,10-11,17,19H,4-9,12-16H2,(H,21,23). The molecule has 0 bridgehead atoms. The zero-order chi connectivity index (χ0) is 15.9. The second-order valence-corrected chi connectivity index (χ2v) is 7.20. The number of benzene rings is 1. The van der Waals surface area contributed by atoms with E-state index in [4.69, 9.17) is 0 Å². The number of nitrogens with zero attached hydrogens (tertiary/aromatic N) is 1. The van der Waals surface area contributed by atoms with Crippen LogP contribution in [0, 0.1) is 5.92 Å². The van der Waals surface area contributed by atoms with E-state index in [2.05, 4.69) is 34.5 Å². The van der Waals surface area contributed by atoms with E-state index in [1.807, 2.05) is 6.07 Å². The predicted octanol–water partition coefficient (Wildman–Crippen LogP) is 3.74. The molecule has 1 N–H and O–H groups in total. The van der Waals surface area contributed by atoms with Gasteiger partial charge >= 0.3 is 0 Å². The number of carbonyl (C=O) groups excluding carboxylic acids is 1. The molecule has 0 aromatic heterocycles. The molecule has 1 unspecified atom stereocenters. The summed E-state index contributed by atoms with van der Waals surface area (Å²) in [6.45, 7) is 2.78. The molecule has 1 aliphatic heterocycles. The van der Waals surface area contributed by atoms with Crippen molar-refractivity contribution in [2.45, 2.75) is 64.0 Å². The van der Waals surface area contributed by atoms with Gasteiger partial charge in [-0.3, -0.25) is 9.69 Å². The molecule has 1 heterocycles. The largest absolute Gasteiger partial charge is 0.355 e. The van der Waals surface area contributed by atoms with Crippen LogP contribution in [0.4, 0.5) is 0 Å². The van der Waals surface area contributed by atoms with Gasteiger partial charge in [0.25, 0.3) is 0 Å². The summed E-state index contributed by atoms with van der Waals surface area (Å²) in [5.41, 5.74) is 1.30. The van der Waals surface area contributed by atoms with Crippen LogP contribution in [0.1, 0.15) is 56.9 Å². The normalized spacial score (nSPS) is 22.5. The fourth-order valence-corrected chi connectivity index (χ4v) is 4.15. The van der Waals surface area contributed by atoms with Gasteiger partial charge < -0.3 is 5.32 Å². The number of amides is 1. The van der Waals surface area contributed by atoms with Crippen LogP contribution in [0.2, 0.25) is 0 Å². The van der Waals surface area contributed by atoms with Crippen molar-refractivity contribution in [3.63, 3.8) is 0 Å². The first-order valence-electron chi connectivity index (χ1n) is 9.38. The maximum absolute atomic E-state index is 12.5. The van der Waals surface area contributed by atoms with Gasteiger partial charge in [-0.1, -0.05) is 56.0 Å². The lowest BCUT2D eigenvalue weighted by Gasteiger charge is -2.23. The molecule has 0 spiro atoms. The molecule has 1 saturated heterocycles. The van der Waals surface area contributed by atoms with E-state index >= 15 is 0 Å². The summed E-state index contributed by atoms with van der Waals surface area (Å²) in [4.78, 5) is 14.8. The molecule has 3 rings (SSSR count). The van der Waals surface area contributed by atoms with Crippen LogP contribution in [0.25, 0.3) is 0 Å². The highest BCUT2D eigenvalue weighted by Gasteiger charge is 2.30. The van der Waals surface area contributed by atoms with Gasteiger partial charge in [0.2, 0.25) is 5.91 Å². The summed E-state index contributed by atoms with van der Waals surface area (Å²) in [7, 11) is 0. The molecule has 2 aliphatic rings. The van der Waals surface area contributed by atoms with Crippen molar-refractivity contribution < 1.29 is 4.79 Å². The topological polar surface area (TPSA) is 32.3 Å². The van der Waals surface area contributed by atoms with E-state index in [1.54, 1.807) is 0 Å². The SMILES string of the molecule is O=C(NCCCC1CCCC1)C1CCCN1Cc1ccccc1. The Balaban J connectivity index is 1.40. The third-order valence-corrected chi connectivity index (χ3v) is 5.46. The maximum Gasteiger partial charge on any atom is 0.237 e. The summed E-state index contributed by atoms with van der Waals surface area (Å²) in [5.74, 6) is 1.16. The minimum atomic E-state index is 0.0710. The van der Waals surface area contributed by atoms with Crippen molar-refractivity contribution in [2.75, 3.05) is 13.1 Å². The van der Waals surface area contributed by atoms with Gasteiger partial charge in [-0.2, -0.15) is 0 Å². The molecular formula is C20H30N2O. The summed E-state index contributed by atoms with van der Waals surface area (Å²) in [6.07, 6.45) is 10.2. The van der Waals surface area contributed by atoms with E-state index < -0.39 is 0 Å². The number of hydrogen-bond acceptors (Lipinski definition) is 2. The second kappa shape index (κ2) is 8.49. The Hall–Kier alpha value is -1.35. The van der Waals surface area contributed by atoms with Gasteiger partial charge in [-0.25, -0.2) is 0 Å². The smallest absolute Gasteiger partial charge is 0.237 e. The van der Waals surface area contributed by atoms with E-state index in [0.717, 1.165) is 44.8 Å². The van der Waals surface area contributed by atoms with Crippen molar-refractivity contribution in [3.05, 3.63) is 35.9 Å². The van der Waals surface area contributed by atoms with Gasteiger partial charge in [-0.05, 0) is 43.7 Å². The zero-order valence-electron chi connectivity index (χ0n) is 14.2. The minimum Gasteiger partial charge on any atom is -0.355 e. The van der Waals surface area contributed by atoms with Crippen LogP contribution in [0.3, 0.4) is 0 Å². The Labute approximate surface area is 140 Å². The Morgan fingerprint density at radius 1 is 1.09 bits per heavy atom. The minimum absolute atomic E-state index is 0.0710.